The van der Waals surface area contributed by atoms with E-state index in [1.807, 2.05) is 0 Å². The van der Waals surface area contributed by atoms with E-state index >= 15 is 0 Å². The standard InChI is InChI=1S/C17H16N4O4S2/c1-8-5-6-9(7-11(8)21(24)25)15(23)19-17(26)20-16-13(14(18)22)10-3-2-4-12(10)27-16/h5-7H,2-4H2,1H3,(H2,18,22)(H2,19,20,23,26). The van der Waals surface area contributed by atoms with Gasteiger partial charge in [0.05, 0.1) is 10.5 Å². The highest BCUT2D eigenvalue weighted by Crippen LogP contribution is 2.38. The lowest BCUT2D eigenvalue weighted by Crippen LogP contribution is -2.34. The number of rotatable bonds is 4. The largest absolute Gasteiger partial charge is 0.365 e. The number of nitro groups is 1. The van der Waals surface area contributed by atoms with Gasteiger partial charge >= 0.3 is 0 Å². The molecule has 1 heterocycles. The number of nitrogens with zero attached hydrogens (tertiary/aromatic N) is 1. The van der Waals surface area contributed by atoms with Gasteiger partial charge in [-0.1, -0.05) is 6.07 Å². The molecular formula is C17H16N4O4S2. The number of aryl methyl sites for hydroxylation is 2. The van der Waals surface area contributed by atoms with Crippen LogP contribution in [0.4, 0.5) is 10.7 Å². The van der Waals surface area contributed by atoms with Crippen molar-refractivity contribution in [2.45, 2.75) is 26.2 Å². The van der Waals surface area contributed by atoms with Crippen molar-refractivity contribution < 1.29 is 14.5 Å². The van der Waals surface area contributed by atoms with Gasteiger partial charge in [-0.05, 0) is 50.0 Å². The van der Waals surface area contributed by atoms with Crippen LogP contribution in [-0.4, -0.2) is 21.9 Å². The van der Waals surface area contributed by atoms with E-state index in [-0.39, 0.29) is 16.4 Å². The number of nitrogens with two attached hydrogens (primary N) is 1. The van der Waals surface area contributed by atoms with Gasteiger partial charge in [0, 0.05) is 22.1 Å². The van der Waals surface area contributed by atoms with Crippen LogP contribution in [-0.2, 0) is 12.8 Å². The Labute approximate surface area is 163 Å². The third-order valence-electron chi connectivity index (χ3n) is 4.29. The molecule has 10 heteroatoms. The number of carbonyl (C=O) groups excluding carboxylic acids is 2. The Morgan fingerprint density at radius 2 is 2.07 bits per heavy atom. The third-order valence-corrected chi connectivity index (χ3v) is 5.70. The Kier molecular flexibility index (Phi) is 5.19. The first-order valence-corrected chi connectivity index (χ1v) is 9.32. The fourth-order valence-electron chi connectivity index (χ4n) is 3.01. The molecule has 1 aromatic carbocycles. The molecule has 0 atom stereocenters. The van der Waals surface area contributed by atoms with Crippen LogP contribution in [0, 0.1) is 17.0 Å². The van der Waals surface area contributed by atoms with Gasteiger partial charge in [0.15, 0.2) is 5.11 Å². The minimum absolute atomic E-state index is 0.00866. The zero-order valence-electron chi connectivity index (χ0n) is 14.3. The number of nitro benzene ring substituents is 1. The summed E-state index contributed by atoms with van der Waals surface area (Å²) in [6, 6.07) is 4.18. The minimum Gasteiger partial charge on any atom is -0.365 e. The topological polar surface area (TPSA) is 127 Å². The highest BCUT2D eigenvalue weighted by molar-refractivity contribution is 7.80. The molecule has 0 saturated carbocycles. The van der Waals surface area contributed by atoms with Gasteiger partial charge in [-0.3, -0.25) is 25.0 Å². The fourth-order valence-corrected chi connectivity index (χ4v) is 4.57. The van der Waals surface area contributed by atoms with E-state index in [1.54, 1.807) is 6.92 Å². The van der Waals surface area contributed by atoms with Crippen molar-refractivity contribution in [1.82, 2.24) is 5.32 Å². The molecule has 27 heavy (non-hydrogen) atoms. The van der Waals surface area contributed by atoms with E-state index in [2.05, 4.69) is 10.6 Å². The molecule has 0 bridgehead atoms. The van der Waals surface area contributed by atoms with Crippen LogP contribution >= 0.6 is 23.6 Å². The number of nitrogens with one attached hydrogen (secondary N) is 2. The maximum atomic E-state index is 12.3. The molecular weight excluding hydrogens is 388 g/mol. The third kappa shape index (κ3) is 3.81. The second-order valence-corrected chi connectivity index (χ2v) is 7.61. The van der Waals surface area contributed by atoms with Gasteiger partial charge in [-0.15, -0.1) is 11.3 Å². The molecule has 1 aliphatic carbocycles. The molecule has 1 aromatic heterocycles. The fraction of sp³-hybridized carbons (Fsp3) is 0.235. The quantitative estimate of drug-likeness (QED) is 0.408. The van der Waals surface area contributed by atoms with E-state index in [9.17, 15) is 19.7 Å². The Morgan fingerprint density at radius 1 is 1.33 bits per heavy atom. The lowest BCUT2D eigenvalue weighted by atomic mass is 10.1. The van der Waals surface area contributed by atoms with Crippen molar-refractivity contribution in [3.8, 4) is 0 Å². The van der Waals surface area contributed by atoms with Crippen LogP contribution in [0.5, 0.6) is 0 Å². The number of anilines is 1. The van der Waals surface area contributed by atoms with Crippen molar-refractivity contribution in [1.29, 1.82) is 0 Å². The van der Waals surface area contributed by atoms with Gasteiger partial charge in [0.25, 0.3) is 17.5 Å². The smallest absolute Gasteiger partial charge is 0.273 e. The lowest BCUT2D eigenvalue weighted by Gasteiger charge is -2.10. The molecule has 4 N–H and O–H groups in total. The van der Waals surface area contributed by atoms with Crippen LogP contribution in [0.1, 0.15) is 43.1 Å². The maximum Gasteiger partial charge on any atom is 0.273 e. The minimum atomic E-state index is -0.583. The first kappa shape index (κ1) is 18.9. The van der Waals surface area contributed by atoms with E-state index < -0.39 is 16.7 Å². The first-order chi connectivity index (χ1) is 12.8. The molecule has 0 fully saturated rings. The summed E-state index contributed by atoms with van der Waals surface area (Å²) < 4.78 is 0. The van der Waals surface area contributed by atoms with Crippen molar-refractivity contribution in [3.63, 3.8) is 0 Å². The number of thiophene rings is 1. The Morgan fingerprint density at radius 3 is 2.74 bits per heavy atom. The molecule has 2 amide bonds. The number of hydrogen-bond donors (Lipinski definition) is 3. The average molecular weight is 404 g/mol. The molecule has 0 radical (unpaired) electrons. The van der Waals surface area contributed by atoms with Crippen molar-refractivity contribution >= 4 is 51.2 Å². The van der Waals surface area contributed by atoms with E-state index in [0.717, 1.165) is 29.7 Å². The normalized spacial score (nSPS) is 12.3. The van der Waals surface area contributed by atoms with Crippen LogP contribution < -0.4 is 16.4 Å². The van der Waals surface area contributed by atoms with Gasteiger partial charge in [-0.2, -0.15) is 0 Å². The van der Waals surface area contributed by atoms with Crippen LogP contribution in [0.3, 0.4) is 0 Å². The zero-order valence-corrected chi connectivity index (χ0v) is 16.0. The summed E-state index contributed by atoms with van der Waals surface area (Å²) >= 11 is 6.55. The molecule has 2 aromatic rings. The lowest BCUT2D eigenvalue weighted by molar-refractivity contribution is -0.385. The van der Waals surface area contributed by atoms with Crippen molar-refractivity contribution in [2.75, 3.05) is 5.32 Å². The number of hydrogen-bond acceptors (Lipinski definition) is 6. The molecule has 0 unspecified atom stereocenters. The summed E-state index contributed by atoms with van der Waals surface area (Å²) in [5.74, 6) is -1.12. The van der Waals surface area contributed by atoms with E-state index in [1.165, 1.54) is 29.5 Å². The summed E-state index contributed by atoms with van der Waals surface area (Å²) in [4.78, 5) is 35.7. The zero-order chi connectivity index (χ0) is 19.7. The van der Waals surface area contributed by atoms with Crippen molar-refractivity contribution in [3.05, 3.63) is 55.4 Å². The highest BCUT2D eigenvalue weighted by atomic mass is 32.1. The molecule has 3 rings (SSSR count). The highest BCUT2D eigenvalue weighted by Gasteiger charge is 2.26. The van der Waals surface area contributed by atoms with Crippen LogP contribution in [0.15, 0.2) is 18.2 Å². The monoisotopic (exact) mass is 404 g/mol. The van der Waals surface area contributed by atoms with Crippen molar-refractivity contribution in [2.24, 2.45) is 5.73 Å². The van der Waals surface area contributed by atoms with Gasteiger partial charge in [0.2, 0.25) is 0 Å². The summed E-state index contributed by atoms with van der Waals surface area (Å²) in [5, 5.41) is 16.8. The Hall–Kier alpha value is -2.85. The second-order valence-electron chi connectivity index (χ2n) is 6.09. The number of fused-ring (bicyclic) bond motifs is 1. The number of thiocarbonyl (C=S) groups is 1. The van der Waals surface area contributed by atoms with E-state index in [4.69, 9.17) is 18.0 Å². The van der Waals surface area contributed by atoms with Crippen LogP contribution in [0.25, 0.3) is 0 Å². The van der Waals surface area contributed by atoms with Gasteiger partial charge < -0.3 is 11.1 Å². The number of benzene rings is 1. The van der Waals surface area contributed by atoms with Crippen LogP contribution in [0.2, 0.25) is 0 Å². The molecule has 8 nitrogen and oxygen atoms in total. The summed E-state index contributed by atoms with van der Waals surface area (Å²) in [6.07, 6.45) is 2.65. The second kappa shape index (κ2) is 7.41. The Balaban J connectivity index is 1.75. The van der Waals surface area contributed by atoms with Gasteiger partial charge in [0.1, 0.15) is 5.00 Å². The SMILES string of the molecule is Cc1ccc(C(=O)NC(=S)Nc2sc3c(c2C(N)=O)CCC3)cc1[N+](=O)[O-]. The molecule has 140 valence electrons. The number of amides is 2. The first-order valence-electron chi connectivity index (χ1n) is 8.09. The average Bonchev–Trinajstić information content (AvgIpc) is 3.14. The Bertz CT molecular complexity index is 984. The molecule has 0 spiro atoms. The number of primary amides is 1. The van der Waals surface area contributed by atoms with Gasteiger partial charge in [-0.25, -0.2) is 0 Å². The molecule has 0 aliphatic heterocycles. The number of carbonyl (C=O) groups is 2. The summed E-state index contributed by atoms with van der Waals surface area (Å²) in [5.41, 5.74) is 7.27. The molecule has 0 saturated heterocycles. The van der Waals surface area contributed by atoms with E-state index in [0.29, 0.717) is 16.1 Å². The summed E-state index contributed by atoms with van der Waals surface area (Å²) in [7, 11) is 0. The predicted molar refractivity (Wildman–Crippen MR) is 106 cm³/mol. The molecule has 1 aliphatic rings. The maximum absolute atomic E-state index is 12.3. The summed E-state index contributed by atoms with van der Waals surface area (Å²) in [6.45, 7) is 1.59. The predicted octanol–water partition coefficient (Wildman–Crippen LogP) is 2.68.